The second-order valence-corrected chi connectivity index (χ2v) is 10.3. The number of aliphatic hydroxyl groups excluding tert-OH is 2. The Morgan fingerprint density at radius 2 is 1.17 bits per heavy atom. The summed E-state index contributed by atoms with van der Waals surface area (Å²) in [5, 5.41) is 40.3. The first-order valence-electron chi connectivity index (χ1n) is 13.2. The van der Waals surface area contributed by atoms with E-state index in [-0.39, 0.29) is 25.2 Å². The molecule has 2 unspecified atom stereocenters. The highest BCUT2D eigenvalue weighted by Crippen LogP contribution is 2.08. The smallest absolute Gasteiger partial charge is 0.262 e. The minimum atomic E-state index is -1.63. The molecule has 0 saturated carbocycles. The van der Waals surface area contributed by atoms with Gasteiger partial charge in [0.05, 0.1) is 24.8 Å². The van der Waals surface area contributed by atoms with Crippen molar-refractivity contribution >= 4 is 41.4 Å². The van der Waals surface area contributed by atoms with E-state index in [0.29, 0.717) is 0 Å². The van der Waals surface area contributed by atoms with Crippen LogP contribution in [0.1, 0.15) is 53.9 Å². The molecule has 42 heavy (non-hydrogen) atoms. The van der Waals surface area contributed by atoms with E-state index >= 15 is 0 Å². The molecule has 0 radical (unpaired) electrons. The maximum atomic E-state index is 13.2. The van der Waals surface area contributed by atoms with Gasteiger partial charge < -0.3 is 48.3 Å². The van der Waals surface area contributed by atoms with Crippen LogP contribution >= 0.6 is 0 Å². The molecule has 0 rings (SSSR count). The highest BCUT2D eigenvalue weighted by atomic mass is 16.5. The van der Waals surface area contributed by atoms with Gasteiger partial charge in [-0.15, -0.1) is 0 Å². The summed E-state index contributed by atoms with van der Waals surface area (Å²) in [7, 11) is 0. The molecule has 18 nitrogen and oxygen atoms in total. The normalized spacial score (nSPS) is 16.0. The van der Waals surface area contributed by atoms with Gasteiger partial charge >= 0.3 is 0 Å². The van der Waals surface area contributed by atoms with Gasteiger partial charge in [0.25, 0.3) is 5.91 Å². The van der Waals surface area contributed by atoms with Gasteiger partial charge in [-0.05, 0) is 39.5 Å². The van der Waals surface area contributed by atoms with Crippen LogP contribution in [0, 0.1) is 5.92 Å². The Morgan fingerprint density at radius 3 is 1.60 bits per heavy atom. The summed E-state index contributed by atoms with van der Waals surface area (Å²) >= 11 is 0. The van der Waals surface area contributed by atoms with Gasteiger partial charge in [-0.2, -0.15) is 0 Å². The van der Waals surface area contributed by atoms with Crippen LogP contribution in [0.5, 0.6) is 0 Å². The zero-order valence-corrected chi connectivity index (χ0v) is 24.3. The number of primary amides is 1. The van der Waals surface area contributed by atoms with Crippen molar-refractivity contribution in [3.63, 3.8) is 0 Å². The van der Waals surface area contributed by atoms with Crippen molar-refractivity contribution in [2.45, 2.75) is 96.3 Å². The van der Waals surface area contributed by atoms with Crippen LogP contribution < -0.4 is 43.5 Å². The summed E-state index contributed by atoms with van der Waals surface area (Å²) in [5.41, 5.74) is 12.0. The number of nitrogens with one attached hydrogen (secondary N) is 6. The van der Waals surface area contributed by atoms with E-state index in [9.17, 15) is 43.8 Å². The Bertz CT molecular complexity index is 973. The van der Waals surface area contributed by atoms with Gasteiger partial charge in [0.15, 0.2) is 0 Å². The maximum Gasteiger partial charge on any atom is 0.262 e. The van der Waals surface area contributed by atoms with Crippen molar-refractivity contribution < 1.29 is 49.0 Å². The number of aliphatic hydroxyl groups is 2. The van der Waals surface area contributed by atoms with Gasteiger partial charge in [-0.25, -0.2) is 5.48 Å². The van der Waals surface area contributed by atoms with Crippen molar-refractivity contribution in [2.24, 2.45) is 17.4 Å². The molecule has 0 spiro atoms. The van der Waals surface area contributed by atoms with Gasteiger partial charge in [0, 0.05) is 6.42 Å². The highest BCUT2D eigenvalue weighted by Gasteiger charge is 2.34. The van der Waals surface area contributed by atoms with Crippen LogP contribution in [0.2, 0.25) is 0 Å². The van der Waals surface area contributed by atoms with E-state index in [1.165, 1.54) is 26.3 Å². The molecular weight excluding hydrogens is 560 g/mol. The lowest BCUT2D eigenvalue weighted by molar-refractivity contribution is -0.137. The molecule has 0 aromatic rings. The summed E-state index contributed by atoms with van der Waals surface area (Å²) < 4.78 is 0. The molecule has 0 aliphatic carbocycles. The standard InChI is InChI=1S/C24H44N8O10/c1-10(2)8-15(22(39)30-18(12(4)33)23(40)27-9-17(36)32-42)29-24(41)19(13(5)34)31-21(38)14(6-7-16(26)35)28-20(37)11(3)25/h10-15,18-19,33-34,42H,6-9,25H2,1-5H3,(H2,26,35)(H,27,40)(H,28,37)(H,29,41)(H,30,39)(H,31,38)(H,32,36)/t11-,12?,13?,14-,15-,18-,19-/m0/s1. The zero-order chi connectivity index (χ0) is 32.7. The number of carbonyl (C=O) groups excluding carboxylic acids is 7. The first-order valence-corrected chi connectivity index (χ1v) is 13.2. The molecule has 18 heteroatoms. The van der Waals surface area contributed by atoms with E-state index in [4.69, 9.17) is 16.7 Å². The molecule has 0 aromatic heterocycles. The number of rotatable bonds is 18. The predicted octanol–water partition coefficient (Wildman–Crippen LogP) is -5.03. The van der Waals surface area contributed by atoms with Gasteiger partial charge in [-0.1, -0.05) is 13.8 Å². The number of amides is 7. The lowest BCUT2D eigenvalue weighted by Gasteiger charge is -2.28. The summed E-state index contributed by atoms with van der Waals surface area (Å²) in [5.74, 6) is -6.40. The Balaban J connectivity index is 5.82. The van der Waals surface area contributed by atoms with Crippen LogP contribution in [0.4, 0.5) is 0 Å². The molecule has 0 aliphatic rings. The van der Waals surface area contributed by atoms with E-state index in [1.54, 1.807) is 13.8 Å². The second kappa shape index (κ2) is 18.5. The van der Waals surface area contributed by atoms with Crippen molar-refractivity contribution in [1.82, 2.24) is 32.1 Å². The lowest BCUT2D eigenvalue weighted by Crippen LogP contribution is -2.62. The minimum Gasteiger partial charge on any atom is -0.391 e. The Kier molecular flexibility index (Phi) is 16.8. The summed E-state index contributed by atoms with van der Waals surface area (Å²) in [6, 6.07) is -6.83. The molecule has 0 bridgehead atoms. The average Bonchev–Trinajstić information content (AvgIpc) is 2.89. The molecular formula is C24H44N8O10. The first-order chi connectivity index (χ1) is 19.4. The van der Waals surface area contributed by atoms with E-state index in [2.05, 4.69) is 26.6 Å². The summed E-state index contributed by atoms with van der Waals surface area (Å²) in [4.78, 5) is 86.1. The molecule has 13 N–H and O–H groups in total. The fraction of sp³-hybridized carbons (Fsp3) is 0.708. The molecule has 7 amide bonds. The van der Waals surface area contributed by atoms with Crippen LogP contribution in [0.25, 0.3) is 0 Å². The second-order valence-electron chi connectivity index (χ2n) is 10.3. The van der Waals surface area contributed by atoms with Crippen molar-refractivity contribution in [2.75, 3.05) is 6.54 Å². The molecule has 0 aromatic carbocycles. The zero-order valence-electron chi connectivity index (χ0n) is 24.3. The average molecular weight is 605 g/mol. The van der Waals surface area contributed by atoms with Gasteiger partial charge in [-0.3, -0.25) is 38.8 Å². The fourth-order valence-electron chi connectivity index (χ4n) is 3.46. The lowest BCUT2D eigenvalue weighted by atomic mass is 10.0. The molecule has 7 atom stereocenters. The SMILES string of the molecule is CC(C)C[C@H](NC(=O)[C@@H](NC(=O)[C@H](CCC(N)=O)NC(=O)[C@H](C)N)C(C)O)C(=O)N[C@H](C(=O)NCC(=O)NO)C(C)O. The number of hydroxylamine groups is 1. The van der Waals surface area contributed by atoms with Gasteiger partial charge in [0.2, 0.25) is 35.4 Å². The summed E-state index contributed by atoms with van der Waals surface area (Å²) in [6.45, 7) is 6.57. The van der Waals surface area contributed by atoms with E-state index in [1.807, 2.05) is 0 Å². The Morgan fingerprint density at radius 1 is 0.690 bits per heavy atom. The number of carbonyl (C=O) groups is 7. The molecule has 0 fully saturated rings. The molecule has 240 valence electrons. The third-order valence-electron chi connectivity index (χ3n) is 5.74. The Hall–Kier alpha value is -3.87. The maximum absolute atomic E-state index is 13.2. The quantitative estimate of drug-likeness (QED) is 0.0519. The largest absolute Gasteiger partial charge is 0.391 e. The van der Waals surface area contributed by atoms with E-state index < -0.39 is 90.3 Å². The first kappa shape index (κ1) is 38.1. The highest BCUT2D eigenvalue weighted by molar-refractivity contribution is 5.96. The van der Waals surface area contributed by atoms with Crippen LogP contribution in [0.15, 0.2) is 0 Å². The number of hydrogen-bond acceptors (Lipinski definition) is 11. The topological polar surface area (TPSA) is 304 Å². The van der Waals surface area contributed by atoms with Crippen molar-refractivity contribution in [3.8, 4) is 0 Å². The van der Waals surface area contributed by atoms with Crippen LogP contribution in [-0.4, -0.2) is 106 Å². The van der Waals surface area contributed by atoms with Crippen molar-refractivity contribution in [3.05, 3.63) is 0 Å². The van der Waals surface area contributed by atoms with Gasteiger partial charge in [0.1, 0.15) is 24.2 Å². The summed E-state index contributed by atoms with van der Waals surface area (Å²) in [6.07, 6.45) is -3.41. The molecule has 0 aliphatic heterocycles. The monoisotopic (exact) mass is 604 g/mol. The predicted molar refractivity (Wildman–Crippen MR) is 146 cm³/mol. The van der Waals surface area contributed by atoms with Crippen LogP contribution in [0.3, 0.4) is 0 Å². The van der Waals surface area contributed by atoms with E-state index in [0.717, 1.165) is 0 Å². The molecule has 0 saturated heterocycles. The number of hydrogen-bond donors (Lipinski definition) is 11. The third kappa shape index (κ3) is 14.2. The number of nitrogens with two attached hydrogens (primary N) is 2. The third-order valence-corrected chi connectivity index (χ3v) is 5.74. The fourth-order valence-corrected chi connectivity index (χ4v) is 3.46. The minimum absolute atomic E-state index is 0.0325. The van der Waals surface area contributed by atoms with Crippen LogP contribution in [-0.2, 0) is 33.6 Å². The Labute approximate surface area is 243 Å². The molecule has 0 heterocycles. The van der Waals surface area contributed by atoms with Crippen molar-refractivity contribution in [1.29, 1.82) is 0 Å².